The van der Waals surface area contributed by atoms with E-state index in [-0.39, 0.29) is 5.41 Å². The molecule has 0 aromatic rings. The van der Waals surface area contributed by atoms with Gasteiger partial charge in [0.15, 0.2) is 0 Å². The van der Waals surface area contributed by atoms with Crippen molar-refractivity contribution in [2.45, 2.75) is 58.3 Å². The van der Waals surface area contributed by atoms with Crippen LogP contribution in [0, 0.1) is 28.6 Å². The molecule has 4 aliphatic carbocycles. The van der Waals surface area contributed by atoms with Gasteiger partial charge in [0.05, 0.1) is 0 Å². The second-order valence-electron chi connectivity index (χ2n) is 8.91. The summed E-state index contributed by atoms with van der Waals surface area (Å²) in [6.07, 6.45) is 10.6. The average molecular weight is 290 g/mol. The Kier molecular flexibility index (Phi) is 3.33. The van der Waals surface area contributed by atoms with E-state index in [2.05, 4.69) is 17.6 Å². The molecule has 0 aromatic heterocycles. The summed E-state index contributed by atoms with van der Waals surface area (Å²) in [4.78, 5) is 12.7. The third-order valence-electron chi connectivity index (χ3n) is 7.04. The van der Waals surface area contributed by atoms with Crippen molar-refractivity contribution in [3.8, 4) is 0 Å². The first-order valence-corrected chi connectivity index (χ1v) is 9.06. The molecule has 3 nitrogen and oxygen atoms in total. The Balaban J connectivity index is 1.39. The molecule has 1 heterocycles. The maximum Gasteiger partial charge on any atom is 0.226 e. The molecule has 0 radical (unpaired) electrons. The zero-order valence-corrected chi connectivity index (χ0v) is 13.4. The maximum absolute atomic E-state index is 12.7. The minimum absolute atomic E-state index is 0.131. The van der Waals surface area contributed by atoms with Gasteiger partial charge < -0.3 is 10.6 Å². The fraction of sp³-hybridized carbons (Fsp3) is 0.944. The lowest BCUT2D eigenvalue weighted by Crippen LogP contribution is -2.53. The van der Waals surface area contributed by atoms with Crippen molar-refractivity contribution in [1.82, 2.24) is 10.6 Å². The van der Waals surface area contributed by atoms with Gasteiger partial charge >= 0.3 is 0 Å². The van der Waals surface area contributed by atoms with Gasteiger partial charge in [0.2, 0.25) is 5.91 Å². The Bertz CT molecular complexity index is 390. The third-order valence-corrected chi connectivity index (χ3v) is 7.04. The van der Waals surface area contributed by atoms with Crippen LogP contribution in [0.5, 0.6) is 0 Å². The number of hydrogen-bond acceptors (Lipinski definition) is 2. The standard InChI is InChI=1S/C18H30N2O/c1-17(2-4-19-5-3-17)16(21)20-12-18-9-13-6-14(10-18)8-15(7-13)11-18/h13-15,19H,2-12H2,1H3,(H,20,21). The van der Waals surface area contributed by atoms with E-state index >= 15 is 0 Å². The quantitative estimate of drug-likeness (QED) is 0.839. The van der Waals surface area contributed by atoms with E-state index in [1.54, 1.807) is 0 Å². The predicted octanol–water partition coefficient (Wildman–Crippen LogP) is 2.71. The molecule has 0 spiro atoms. The molecule has 4 saturated carbocycles. The average Bonchev–Trinajstić information content (AvgIpc) is 2.44. The molecule has 21 heavy (non-hydrogen) atoms. The normalized spacial score (nSPS) is 43.8. The van der Waals surface area contributed by atoms with E-state index in [0.717, 1.165) is 50.2 Å². The van der Waals surface area contributed by atoms with Gasteiger partial charge in [0.25, 0.3) is 0 Å². The molecule has 4 bridgehead atoms. The van der Waals surface area contributed by atoms with Gasteiger partial charge in [-0.3, -0.25) is 4.79 Å². The number of piperidine rings is 1. The van der Waals surface area contributed by atoms with Crippen molar-refractivity contribution in [3.63, 3.8) is 0 Å². The van der Waals surface area contributed by atoms with Crippen LogP contribution in [-0.2, 0) is 4.79 Å². The van der Waals surface area contributed by atoms with Gasteiger partial charge in [0, 0.05) is 12.0 Å². The van der Waals surface area contributed by atoms with Gasteiger partial charge in [-0.05, 0) is 87.6 Å². The Hall–Kier alpha value is -0.570. The highest BCUT2D eigenvalue weighted by Gasteiger charge is 2.51. The van der Waals surface area contributed by atoms with Crippen LogP contribution in [0.3, 0.4) is 0 Å². The molecule has 5 fully saturated rings. The van der Waals surface area contributed by atoms with E-state index < -0.39 is 0 Å². The molecule has 118 valence electrons. The Labute approximate surface area is 128 Å². The first-order chi connectivity index (χ1) is 10.1. The van der Waals surface area contributed by atoms with Crippen LogP contribution < -0.4 is 10.6 Å². The summed E-state index contributed by atoms with van der Waals surface area (Å²) in [5.41, 5.74) is 0.335. The van der Waals surface area contributed by atoms with Gasteiger partial charge in [0.1, 0.15) is 0 Å². The zero-order valence-electron chi connectivity index (χ0n) is 13.4. The molecule has 5 aliphatic rings. The lowest BCUT2D eigenvalue weighted by atomic mass is 9.49. The molecule has 0 atom stereocenters. The highest BCUT2D eigenvalue weighted by molar-refractivity contribution is 5.82. The molecular weight excluding hydrogens is 260 g/mol. The minimum Gasteiger partial charge on any atom is -0.355 e. The summed E-state index contributed by atoms with van der Waals surface area (Å²) >= 11 is 0. The topological polar surface area (TPSA) is 41.1 Å². The predicted molar refractivity (Wildman–Crippen MR) is 83.8 cm³/mol. The van der Waals surface area contributed by atoms with E-state index in [0.29, 0.717) is 11.3 Å². The number of amides is 1. The summed E-state index contributed by atoms with van der Waals surface area (Å²) in [6, 6.07) is 0. The SMILES string of the molecule is CC1(C(=O)NCC23CC4CC(CC(C4)C2)C3)CCNCC1. The smallest absolute Gasteiger partial charge is 0.226 e. The van der Waals surface area contributed by atoms with E-state index in [9.17, 15) is 4.79 Å². The van der Waals surface area contributed by atoms with Gasteiger partial charge in [-0.2, -0.15) is 0 Å². The summed E-state index contributed by atoms with van der Waals surface area (Å²) in [6.45, 7) is 5.09. The van der Waals surface area contributed by atoms with Crippen molar-refractivity contribution in [3.05, 3.63) is 0 Å². The Morgan fingerprint density at radius 1 is 1.05 bits per heavy atom. The molecule has 2 N–H and O–H groups in total. The van der Waals surface area contributed by atoms with Crippen molar-refractivity contribution >= 4 is 5.91 Å². The monoisotopic (exact) mass is 290 g/mol. The third kappa shape index (κ3) is 2.52. The maximum atomic E-state index is 12.7. The van der Waals surface area contributed by atoms with Gasteiger partial charge in [-0.1, -0.05) is 6.92 Å². The summed E-state index contributed by atoms with van der Waals surface area (Å²) in [5, 5.41) is 6.75. The molecule has 3 heteroatoms. The largest absolute Gasteiger partial charge is 0.355 e. The van der Waals surface area contributed by atoms with E-state index in [1.165, 1.54) is 38.5 Å². The number of nitrogens with one attached hydrogen (secondary N) is 2. The van der Waals surface area contributed by atoms with Gasteiger partial charge in [-0.25, -0.2) is 0 Å². The van der Waals surface area contributed by atoms with Crippen LogP contribution in [-0.4, -0.2) is 25.5 Å². The summed E-state index contributed by atoms with van der Waals surface area (Å²) in [7, 11) is 0. The second kappa shape index (κ2) is 4.97. The number of rotatable bonds is 3. The molecule has 1 amide bonds. The minimum atomic E-state index is -0.131. The van der Waals surface area contributed by atoms with Crippen molar-refractivity contribution in [1.29, 1.82) is 0 Å². The molecule has 0 unspecified atom stereocenters. The van der Waals surface area contributed by atoms with Crippen LogP contribution in [0.4, 0.5) is 0 Å². The first-order valence-electron chi connectivity index (χ1n) is 9.06. The second-order valence-corrected chi connectivity index (χ2v) is 8.91. The lowest BCUT2D eigenvalue weighted by molar-refractivity contribution is -0.133. The molecule has 1 saturated heterocycles. The number of carbonyl (C=O) groups is 1. The van der Waals surface area contributed by atoms with E-state index in [1.807, 2.05) is 0 Å². The number of carbonyl (C=O) groups excluding carboxylic acids is 1. The molecule has 0 aromatic carbocycles. The van der Waals surface area contributed by atoms with Crippen LogP contribution in [0.1, 0.15) is 58.3 Å². The van der Waals surface area contributed by atoms with Crippen LogP contribution >= 0.6 is 0 Å². The van der Waals surface area contributed by atoms with Crippen LogP contribution in [0.2, 0.25) is 0 Å². The van der Waals surface area contributed by atoms with Gasteiger partial charge in [-0.15, -0.1) is 0 Å². The number of hydrogen-bond donors (Lipinski definition) is 2. The highest BCUT2D eigenvalue weighted by Crippen LogP contribution is 2.59. The fourth-order valence-electron chi connectivity index (χ4n) is 6.19. The van der Waals surface area contributed by atoms with Crippen molar-refractivity contribution in [2.75, 3.05) is 19.6 Å². The molecular formula is C18H30N2O. The lowest BCUT2D eigenvalue weighted by Gasteiger charge is -2.57. The molecule has 1 aliphatic heterocycles. The summed E-state index contributed by atoms with van der Waals surface area (Å²) in [5.74, 6) is 3.24. The van der Waals surface area contributed by atoms with E-state index in [4.69, 9.17) is 0 Å². The van der Waals surface area contributed by atoms with Crippen LogP contribution in [0.15, 0.2) is 0 Å². The van der Waals surface area contributed by atoms with Crippen LogP contribution in [0.25, 0.3) is 0 Å². The highest BCUT2D eigenvalue weighted by atomic mass is 16.2. The Morgan fingerprint density at radius 3 is 2.10 bits per heavy atom. The fourth-order valence-corrected chi connectivity index (χ4v) is 6.19. The van der Waals surface area contributed by atoms with Crippen molar-refractivity contribution in [2.24, 2.45) is 28.6 Å². The Morgan fingerprint density at radius 2 is 1.57 bits per heavy atom. The first kappa shape index (κ1) is 14.0. The summed E-state index contributed by atoms with van der Waals surface area (Å²) < 4.78 is 0. The molecule has 5 rings (SSSR count). The van der Waals surface area contributed by atoms with Crippen molar-refractivity contribution < 1.29 is 4.79 Å². The zero-order chi connectivity index (χ0) is 14.5.